The lowest BCUT2D eigenvalue weighted by atomic mass is 9.99. The molecule has 164 valence electrons. The molecule has 0 aliphatic heterocycles. The van der Waals surface area contributed by atoms with Crippen LogP contribution in [-0.2, 0) is 11.3 Å². The van der Waals surface area contributed by atoms with Crippen LogP contribution in [0.3, 0.4) is 0 Å². The molecule has 2 aromatic carbocycles. The van der Waals surface area contributed by atoms with Crippen molar-refractivity contribution in [3.05, 3.63) is 72.6 Å². The van der Waals surface area contributed by atoms with Gasteiger partial charge in [0.1, 0.15) is 18.0 Å². The summed E-state index contributed by atoms with van der Waals surface area (Å²) in [6.07, 6.45) is 3.62. The molecule has 7 nitrogen and oxygen atoms in total. The third-order valence-corrected chi connectivity index (χ3v) is 5.10. The monoisotopic (exact) mass is 437 g/mol. The average Bonchev–Trinajstić information content (AvgIpc) is 3.23. The van der Waals surface area contributed by atoms with Crippen LogP contribution in [0.4, 0.5) is 5.69 Å². The summed E-state index contributed by atoms with van der Waals surface area (Å²) in [4.78, 5) is 16.0. The molecule has 0 fully saturated rings. The van der Waals surface area contributed by atoms with Gasteiger partial charge in [-0.2, -0.15) is 10.4 Å². The quantitative estimate of drug-likeness (QED) is 0.454. The summed E-state index contributed by atoms with van der Waals surface area (Å²) in [5.41, 5.74) is 6.88. The van der Waals surface area contributed by atoms with E-state index >= 15 is 0 Å². The Balaban J connectivity index is 1.81. The van der Waals surface area contributed by atoms with Crippen molar-refractivity contribution in [2.45, 2.75) is 20.4 Å². The summed E-state index contributed by atoms with van der Waals surface area (Å²) in [5, 5.41) is 16.7. The van der Waals surface area contributed by atoms with E-state index in [1.807, 2.05) is 67.7 Å². The Kier molecular flexibility index (Phi) is 6.18. The van der Waals surface area contributed by atoms with E-state index in [0.717, 1.165) is 45.0 Å². The predicted molar refractivity (Wildman–Crippen MR) is 128 cm³/mol. The molecule has 1 N–H and O–H groups in total. The number of nitriles is 1. The number of pyridine rings is 1. The second kappa shape index (κ2) is 9.37. The number of anilines is 1. The van der Waals surface area contributed by atoms with E-state index in [4.69, 9.17) is 4.74 Å². The van der Waals surface area contributed by atoms with Crippen LogP contribution in [0.5, 0.6) is 5.75 Å². The Morgan fingerprint density at radius 1 is 1.12 bits per heavy atom. The summed E-state index contributed by atoms with van der Waals surface area (Å²) in [6.45, 7) is 3.63. The molecule has 0 unspecified atom stereocenters. The van der Waals surface area contributed by atoms with Crippen molar-refractivity contribution in [1.82, 2.24) is 14.8 Å². The topological polar surface area (TPSA) is 92.8 Å². The van der Waals surface area contributed by atoms with Crippen LogP contribution in [0, 0.1) is 18.3 Å². The normalized spacial score (nSPS) is 10.5. The van der Waals surface area contributed by atoms with Crippen molar-refractivity contribution >= 4 is 11.6 Å². The van der Waals surface area contributed by atoms with E-state index in [0.29, 0.717) is 5.69 Å². The summed E-state index contributed by atoms with van der Waals surface area (Å²) in [7, 11) is 1.64. The lowest BCUT2D eigenvalue weighted by Gasteiger charge is -2.09. The van der Waals surface area contributed by atoms with Gasteiger partial charge in [0.25, 0.3) is 0 Å². The molecule has 0 aliphatic rings. The van der Waals surface area contributed by atoms with Gasteiger partial charge in [-0.1, -0.05) is 12.1 Å². The van der Waals surface area contributed by atoms with Crippen LogP contribution >= 0.6 is 0 Å². The zero-order chi connectivity index (χ0) is 23.4. The van der Waals surface area contributed by atoms with Gasteiger partial charge in [0.15, 0.2) is 0 Å². The fourth-order valence-corrected chi connectivity index (χ4v) is 3.72. The Hall–Kier alpha value is -4.44. The molecular weight excluding hydrogens is 414 g/mol. The average molecular weight is 438 g/mol. The largest absolute Gasteiger partial charge is 0.497 e. The van der Waals surface area contributed by atoms with Gasteiger partial charge in [0, 0.05) is 41.7 Å². The minimum Gasteiger partial charge on any atom is -0.497 e. The van der Waals surface area contributed by atoms with Crippen LogP contribution in [0.2, 0.25) is 0 Å². The van der Waals surface area contributed by atoms with Crippen molar-refractivity contribution < 1.29 is 9.53 Å². The SMILES string of the molecule is COc1cc(C)cc(-c2nn(CC#N)cc2-c2ccnc(-c3cccc(NC(C)=O)c3)c2)c1. The summed E-state index contributed by atoms with van der Waals surface area (Å²) in [5.74, 6) is 0.618. The number of benzene rings is 2. The molecule has 0 bridgehead atoms. The van der Waals surface area contributed by atoms with Crippen LogP contribution in [0.25, 0.3) is 33.6 Å². The maximum atomic E-state index is 11.4. The van der Waals surface area contributed by atoms with Gasteiger partial charge in [-0.3, -0.25) is 14.5 Å². The third-order valence-electron chi connectivity index (χ3n) is 5.10. The molecule has 0 atom stereocenters. The molecule has 4 rings (SSSR count). The van der Waals surface area contributed by atoms with Crippen LogP contribution in [0.15, 0.2) is 67.0 Å². The number of amides is 1. The highest BCUT2D eigenvalue weighted by molar-refractivity contribution is 5.89. The van der Waals surface area contributed by atoms with Crippen LogP contribution in [0.1, 0.15) is 12.5 Å². The van der Waals surface area contributed by atoms with Gasteiger partial charge in [0.2, 0.25) is 5.91 Å². The zero-order valence-corrected chi connectivity index (χ0v) is 18.7. The first-order chi connectivity index (χ1) is 16.0. The molecule has 2 aromatic heterocycles. The Bertz CT molecular complexity index is 1370. The molecule has 2 heterocycles. The van der Waals surface area contributed by atoms with Gasteiger partial charge in [-0.25, -0.2) is 0 Å². The number of aromatic nitrogens is 3. The Morgan fingerprint density at radius 3 is 2.73 bits per heavy atom. The number of carbonyl (C=O) groups is 1. The number of nitrogens with zero attached hydrogens (tertiary/aromatic N) is 4. The van der Waals surface area contributed by atoms with Gasteiger partial charge >= 0.3 is 0 Å². The Labute approximate surface area is 192 Å². The predicted octanol–water partition coefficient (Wildman–Crippen LogP) is 5.08. The summed E-state index contributed by atoms with van der Waals surface area (Å²) in [6, 6.07) is 19.6. The molecule has 0 radical (unpaired) electrons. The first-order valence-electron chi connectivity index (χ1n) is 10.4. The minimum atomic E-state index is -0.128. The minimum absolute atomic E-state index is 0.128. The fraction of sp³-hybridized carbons (Fsp3) is 0.154. The molecule has 7 heteroatoms. The summed E-state index contributed by atoms with van der Waals surface area (Å²) >= 11 is 0. The highest BCUT2D eigenvalue weighted by Crippen LogP contribution is 2.35. The van der Waals surface area contributed by atoms with Crippen LogP contribution in [-0.4, -0.2) is 27.8 Å². The molecule has 0 aliphatic carbocycles. The van der Waals surface area contributed by atoms with E-state index in [1.54, 1.807) is 18.0 Å². The van der Waals surface area contributed by atoms with Gasteiger partial charge in [0.05, 0.1) is 18.9 Å². The molecular formula is C26H23N5O2. The molecule has 33 heavy (non-hydrogen) atoms. The number of ether oxygens (including phenoxy) is 1. The number of methoxy groups -OCH3 is 1. The van der Waals surface area contributed by atoms with E-state index in [9.17, 15) is 10.1 Å². The Morgan fingerprint density at radius 2 is 1.97 bits per heavy atom. The maximum Gasteiger partial charge on any atom is 0.221 e. The molecule has 0 saturated carbocycles. The van der Waals surface area contributed by atoms with Gasteiger partial charge in [-0.15, -0.1) is 0 Å². The van der Waals surface area contributed by atoms with Crippen molar-refractivity contribution in [2.75, 3.05) is 12.4 Å². The number of hydrogen-bond donors (Lipinski definition) is 1. The molecule has 0 spiro atoms. The first kappa shape index (κ1) is 21.8. The fourth-order valence-electron chi connectivity index (χ4n) is 3.72. The van der Waals surface area contributed by atoms with E-state index < -0.39 is 0 Å². The second-order valence-corrected chi connectivity index (χ2v) is 7.68. The highest BCUT2D eigenvalue weighted by Gasteiger charge is 2.16. The number of carbonyl (C=O) groups excluding carboxylic acids is 1. The molecule has 4 aromatic rings. The van der Waals surface area contributed by atoms with Crippen LogP contribution < -0.4 is 10.1 Å². The van der Waals surface area contributed by atoms with Crippen molar-refractivity contribution in [3.63, 3.8) is 0 Å². The molecule has 1 amide bonds. The number of rotatable bonds is 6. The van der Waals surface area contributed by atoms with Gasteiger partial charge in [-0.05, 0) is 60.5 Å². The van der Waals surface area contributed by atoms with Gasteiger partial charge < -0.3 is 10.1 Å². The van der Waals surface area contributed by atoms with E-state index in [1.165, 1.54) is 6.92 Å². The van der Waals surface area contributed by atoms with E-state index in [-0.39, 0.29) is 12.5 Å². The standard InChI is InChI=1S/C26H23N5O2/c1-17-11-21(14-23(12-17)33-3)26-24(16-31(30-26)10-8-27)19-7-9-28-25(15-19)20-5-4-6-22(13-20)29-18(2)32/h4-7,9,11-16H,10H2,1-3H3,(H,29,32). The lowest BCUT2D eigenvalue weighted by molar-refractivity contribution is -0.114. The second-order valence-electron chi connectivity index (χ2n) is 7.68. The first-order valence-corrected chi connectivity index (χ1v) is 10.4. The highest BCUT2D eigenvalue weighted by atomic mass is 16.5. The lowest BCUT2D eigenvalue weighted by Crippen LogP contribution is -2.05. The summed E-state index contributed by atoms with van der Waals surface area (Å²) < 4.78 is 7.08. The zero-order valence-electron chi connectivity index (χ0n) is 18.7. The van der Waals surface area contributed by atoms with E-state index in [2.05, 4.69) is 21.5 Å². The smallest absolute Gasteiger partial charge is 0.221 e. The van der Waals surface area contributed by atoms with Crippen molar-refractivity contribution in [2.24, 2.45) is 0 Å². The number of nitrogens with one attached hydrogen (secondary N) is 1. The number of aryl methyl sites for hydroxylation is 1. The van der Waals surface area contributed by atoms with Crippen molar-refractivity contribution in [1.29, 1.82) is 5.26 Å². The third kappa shape index (κ3) is 4.91. The molecule has 0 saturated heterocycles. The number of hydrogen-bond acceptors (Lipinski definition) is 5. The maximum absolute atomic E-state index is 11.4. The van der Waals surface area contributed by atoms with Crippen molar-refractivity contribution in [3.8, 4) is 45.5 Å².